The highest BCUT2D eigenvalue weighted by Gasteiger charge is 2.30. The topological polar surface area (TPSA) is 70.6 Å². The molecule has 5 heteroatoms. The van der Waals surface area contributed by atoms with Crippen molar-refractivity contribution in [2.75, 3.05) is 19.7 Å². The summed E-state index contributed by atoms with van der Waals surface area (Å²) in [5.41, 5.74) is -0.546. The van der Waals surface area contributed by atoms with E-state index in [-0.39, 0.29) is 18.2 Å². The molecule has 1 fully saturated rings. The van der Waals surface area contributed by atoms with Crippen molar-refractivity contribution in [1.82, 2.24) is 10.6 Å². The van der Waals surface area contributed by atoms with E-state index in [1.807, 2.05) is 20.8 Å². The second-order valence-corrected chi connectivity index (χ2v) is 6.71. The van der Waals surface area contributed by atoms with Gasteiger partial charge in [-0.05, 0) is 46.6 Å². The molecule has 0 aromatic rings. The quantitative estimate of drug-likeness (QED) is 0.655. The number of aliphatic hydroxyl groups excluding tert-OH is 1. The summed E-state index contributed by atoms with van der Waals surface area (Å²) in [6.07, 6.45) is 6.19. The van der Waals surface area contributed by atoms with Crippen LogP contribution in [0, 0.1) is 0 Å². The summed E-state index contributed by atoms with van der Waals surface area (Å²) in [5.74, 6) is 0. The van der Waals surface area contributed by atoms with E-state index in [2.05, 4.69) is 10.6 Å². The van der Waals surface area contributed by atoms with Gasteiger partial charge in [-0.2, -0.15) is 0 Å². The van der Waals surface area contributed by atoms with Crippen LogP contribution in [0.25, 0.3) is 0 Å². The first-order valence-electron chi connectivity index (χ1n) is 7.70. The maximum atomic E-state index is 11.4. The van der Waals surface area contributed by atoms with Crippen molar-refractivity contribution in [3.63, 3.8) is 0 Å². The number of amides is 1. The summed E-state index contributed by atoms with van der Waals surface area (Å²) in [5, 5.41) is 15.8. The number of carbonyl (C=O) groups is 1. The lowest BCUT2D eigenvalue weighted by Crippen LogP contribution is -2.50. The highest BCUT2D eigenvalue weighted by molar-refractivity contribution is 5.67. The van der Waals surface area contributed by atoms with Gasteiger partial charge in [0.2, 0.25) is 0 Å². The lowest BCUT2D eigenvalue weighted by atomic mass is 9.82. The predicted molar refractivity (Wildman–Crippen MR) is 79.8 cm³/mol. The largest absolute Gasteiger partial charge is 0.444 e. The normalized spacial score (nSPS) is 18.6. The van der Waals surface area contributed by atoms with Crippen LogP contribution in [0.3, 0.4) is 0 Å². The third kappa shape index (κ3) is 6.57. The van der Waals surface area contributed by atoms with Crippen LogP contribution in [0.4, 0.5) is 4.79 Å². The molecule has 1 aliphatic rings. The molecule has 1 aliphatic carbocycles. The van der Waals surface area contributed by atoms with E-state index in [4.69, 9.17) is 4.74 Å². The summed E-state index contributed by atoms with van der Waals surface area (Å²) in [4.78, 5) is 11.4. The first-order chi connectivity index (χ1) is 9.37. The molecule has 118 valence electrons. The predicted octanol–water partition coefficient (Wildman–Crippen LogP) is 2.19. The number of hydrogen-bond acceptors (Lipinski definition) is 4. The van der Waals surface area contributed by atoms with Gasteiger partial charge in [0.15, 0.2) is 0 Å². The summed E-state index contributed by atoms with van der Waals surface area (Å²) in [7, 11) is 0. The minimum Gasteiger partial charge on any atom is -0.444 e. The fourth-order valence-corrected chi connectivity index (χ4v) is 2.57. The molecule has 0 aromatic carbocycles. The Bertz CT molecular complexity index is 294. The molecule has 0 aliphatic heterocycles. The van der Waals surface area contributed by atoms with Crippen LogP contribution in [0.5, 0.6) is 0 Å². The van der Waals surface area contributed by atoms with Crippen LogP contribution < -0.4 is 10.6 Å². The van der Waals surface area contributed by atoms with E-state index >= 15 is 0 Å². The Hall–Kier alpha value is -0.810. The minimum atomic E-state index is -0.453. The smallest absolute Gasteiger partial charge is 0.407 e. The number of carbonyl (C=O) groups excluding carboxylic acids is 1. The summed E-state index contributed by atoms with van der Waals surface area (Å²) >= 11 is 0. The molecular weight excluding hydrogens is 256 g/mol. The molecule has 1 rings (SSSR count). The van der Waals surface area contributed by atoms with Gasteiger partial charge < -0.3 is 20.5 Å². The maximum Gasteiger partial charge on any atom is 0.407 e. The van der Waals surface area contributed by atoms with Crippen LogP contribution in [0.1, 0.15) is 59.3 Å². The van der Waals surface area contributed by atoms with E-state index in [9.17, 15) is 9.90 Å². The molecule has 0 unspecified atom stereocenters. The van der Waals surface area contributed by atoms with Crippen LogP contribution >= 0.6 is 0 Å². The maximum absolute atomic E-state index is 11.4. The van der Waals surface area contributed by atoms with Crippen LogP contribution in [-0.2, 0) is 4.74 Å². The molecule has 3 N–H and O–H groups in total. The Morgan fingerprint density at radius 1 is 1.20 bits per heavy atom. The van der Waals surface area contributed by atoms with Gasteiger partial charge in [-0.15, -0.1) is 0 Å². The SMILES string of the molecule is CC(C)(C)OC(=O)NCCCNC1(CO)CCCCC1. The van der Waals surface area contributed by atoms with Crippen LogP contribution in [0.15, 0.2) is 0 Å². The molecule has 0 bridgehead atoms. The van der Waals surface area contributed by atoms with Crippen molar-refractivity contribution >= 4 is 6.09 Å². The Kier molecular flexibility index (Phi) is 6.76. The van der Waals surface area contributed by atoms with Crippen molar-refractivity contribution < 1.29 is 14.6 Å². The highest BCUT2D eigenvalue weighted by atomic mass is 16.6. The second-order valence-electron chi connectivity index (χ2n) is 6.71. The molecule has 0 spiro atoms. The first kappa shape index (κ1) is 17.2. The molecule has 0 heterocycles. The molecule has 5 nitrogen and oxygen atoms in total. The standard InChI is InChI=1S/C15H30N2O3/c1-14(2,3)20-13(19)16-10-7-11-17-15(12-18)8-5-4-6-9-15/h17-18H,4-12H2,1-3H3,(H,16,19). The van der Waals surface area contributed by atoms with Gasteiger partial charge in [-0.1, -0.05) is 19.3 Å². The monoisotopic (exact) mass is 286 g/mol. The lowest BCUT2D eigenvalue weighted by Gasteiger charge is -2.36. The number of rotatable bonds is 6. The number of hydrogen-bond donors (Lipinski definition) is 3. The number of alkyl carbamates (subject to hydrolysis) is 1. The van der Waals surface area contributed by atoms with Gasteiger partial charge in [-0.3, -0.25) is 0 Å². The van der Waals surface area contributed by atoms with E-state index in [1.165, 1.54) is 19.3 Å². The third-order valence-electron chi connectivity index (χ3n) is 3.64. The van der Waals surface area contributed by atoms with Crippen molar-refractivity contribution in [2.45, 2.75) is 70.4 Å². The van der Waals surface area contributed by atoms with Gasteiger partial charge in [0, 0.05) is 12.1 Å². The Labute approximate surface area is 122 Å². The Morgan fingerprint density at radius 2 is 1.85 bits per heavy atom. The fourth-order valence-electron chi connectivity index (χ4n) is 2.57. The van der Waals surface area contributed by atoms with Crippen molar-refractivity contribution in [1.29, 1.82) is 0 Å². The second kappa shape index (κ2) is 7.84. The van der Waals surface area contributed by atoms with E-state index in [1.54, 1.807) is 0 Å². The Morgan fingerprint density at radius 3 is 2.40 bits per heavy atom. The molecule has 0 saturated heterocycles. The lowest BCUT2D eigenvalue weighted by molar-refractivity contribution is 0.0526. The molecule has 0 atom stereocenters. The van der Waals surface area contributed by atoms with E-state index < -0.39 is 5.60 Å². The fraction of sp³-hybridized carbons (Fsp3) is 0.933. The Balaban J connectivity index is 2.13. The van der Waals surface area contributed by atoms with Gasteiger partial charge in [-0.25, -0.2) is 4.79 Å². The van der Waals surface area contributed by atoms with Crippen molar-refractivity contribution in [3.05, 3.63) is 0 Å². The third-order valence-corrected chi connectivity index (χ3v) is 3.64. The van der Waals surface area contributed by atoms with Crippen molar-refractivity contribution in [2.24, 2.45) is 0 Å². The first-order valence-corrected chi connectivity index (χ1v) is 7.70. The van der Waals surface area contributed by atoms with Crippen LogP contribution in [-0.4, -0.2) is 42.0 Å². The molecule has 1 saturated carbocycles. The number of aliphatic hydroxyl groups is 1. The van der Waals surface area contributed by atoms with Gasteiger partial charge in [0.1, 0.15) is 5.60 Å². The van der Waals surface area contributed by atoms with Crippen molar-refractivity contribution in [3.8, 4) is 0 Å². The molecule has 20 heavy (non-hydrogen) atoms. The van der Waals surface area contributed by atoms with Crippen LogP contribution in [0.2, 0.25) is 0 Å². The van der Waals surface area contributed by atoms with E-state index in [0.29, 0.717) is 6.54 Å². The summed E-state index contributed by atoms with van der Waals surface area (Å²) < 4.78 is 5.16. The average Bonchev–Trinajstić information content (AvgIpc) is 2.37. The molecule has 0 radical (unpaired) electrons. The van der Waals surface area contributed by atoms with Gasteiger partial charge in [0.25, 0.3) is 0 Å². The molecular formula is C15H30N2O3. The molecule has 0 aromatic heterocycles. The zero-order valence-corrected chi connectivity index (χ0v) is 13.1. The summed E-state index contributed by atoms with van der Waals surface area (Å²) in [6, 6.07) is 0. The zero-order valence-electron chi connectivity index (χ0n) is 13.1. The number of ether oxygens (including phenoxy) is 1. The van der Waals surface area contributed by atoms with Gasteiger partial charge >= 0.3 is 6.09 Å². The average molecular weight is 286 g/mol. The summed E-state index contributed by atoms with van der Waals surface area (Å²) in [6.45, 7) is 7.14. The minimum absolute atomic E-state index is 0.0931. The number of nitrogens with one attached hydrogen (secondary N) is 2. The molecule has 1 amide bonds. The van der Waals surface area contributed by atoms with E-state index in [0.717, 1.165) is 25.8 Å². The highest BCUT2D eigenvalue weighted by Crippen LogP contribution is 2.27. The zero-order chi connectivity index (χ0) is 15.1. The van der Waals surface area contributed by atoms with Gasteiger partial charge in [0.05, 0.1) is 6.61 Å².